The first-order valence-electron chi connectivity index (χ1n) is 8.24. The Hall–Kier alpha value is -1.44. The number of piperidine rings is 1. The van der Waals surface area contributed by atoms with Gasteiger partial charge in [0.1, 0.15) is 0 Å². The van der Waals surface area contributed by atoms with Gasteiger partial charge in [-0.1, -0.05) is 17.7 Å². The van der Waals surface area contributed by atoms with Crippen LogP contribution in [0, 0.1) is 26.7 Å². The van der Waals surface area contributed by atoms with Crippen molar-refractivity contribution < 1.29 is 18.3 Å². The van der Waals surface area contributed by atoms with Crippen molar-refractivity contribution in [3.05, 3.63) is 28.8 Å². The number of rotatable bonds is 5. The molecule has 1 aliphatic heterocycles. The molecule has 1 fully saturated rings. The van der Waals surface area contributed by atoms with Crippen molar-refractivity contribution in [2.45, 2.75) is 38.5 Å². The highest BCUT2D eigenvalue weighted by Crippen LogP contribution is 2.28. The van der Waals surface area contributed by atoms with E-state index in [1.807, 2.05) is 32.9 Å². The molecule has 134 valence electrons. The van der Waals surface area contributed by atoms with Gasteiger partial charge in [0.25, 0.3) is 0 Å². The van der Waals surface area contributed by atoms with Gasteiger partial charge >= 0.3 is 0 Å². The van der Waals surface area contributed by atoms with Crippen LogP contribution in [0.5, 0.6) is 0 Å². The van der Waals surface area contributed by atoms with Crippen molar-refractivity contribution >= 4 is 15.9 Å². The normalized spacial score (nSPS) is 17.0. The number of nitrogens with zero attached hydrogens (tertiary/aromatic N) is 1. The summed E-state index contributed by atoms with van der Waals surface area (Å²) in [5.74, 6) is -0.299. The predicted molar refractivity (Wildman–Crippen MR) is 92.2 cm³/mol. The van der Waals surface area contributed by atoms with E-state index in [9.17, 15) is 13.2 Å². The van der Waals surface area contributed by atoms with E-state index >= 15 is 0 Å². The molecule has 2 rings (SSSR count). The average molecular weight is 354 g/mol. The number of sulfonamides is 1. The molecule has 0 spiro atoms. The highest BCUT2D eigenvalue weighted by molar-refractivity contribution is 7.89. The lowest BCUT2D eigenvalue weighted by Crippen LogP contribution is -2.43. The molecule has 6 nitrogen and oxygen atoms in total. The van der Waals surface area contributed by atoms with Gasteiger partial charge in [-0.3, -0.25) is 4.79 Å². The largest absolute Gasteiger partial charge is 0.395 e. The van der Waals surface area contributed by atoms with E-state index in [0.717, 1.165) is 16.7 Å². The molecule has 2 N–H and O–H groups in total. The standard InChI is InChI=1S/C17H26N2O4S/c1-12-10-13(2)16(14(3)11-12)24(22,23)19-7-4-15(5-8-19)17(21)18-6-9-20/h10-11,15,20H,4-9H2,1-3H3,(H,18,21). The van der Waals surface area contributed by atoms with E-state index < -0.39 is 10.0 Å². The van der Waals surface area contributed by atoms with Crippen LogP contribution in [0.15, 0.2) is 17.0 Å². The van der Waals surface area contributed by atoms with Crippen molar-refractivity contribution in [2.24, 2.45) is 5.92 Å². The molecule has 0 atom stereocenters. The van der Waals surface area contributed by atoms with Gasteiger partial charge in [-0.15, -0.1) is 0 Å². The molecule has 24 heavy (non-hydrogen) atoms. The van der Waals surface area contributed by atoms with Gasteiger partial charge in [0, 0.05) is 25.6 Å². The molecule has 0 aliphatic carbocycles. The van der Waals surface area contributed by atoms with Gasteiger partial charge in [0.15, 0.2) is 0 Å². The van der Waals surface area contributed by atoms with Crippen LogP contribution >= 0.6 is 0 Å². The number of nitrogens with one attached hydrogen (secondary N) is 1. The van der Waals surface area contributed by atoms with Gasteiger partial charge in [-0.05, 0) is 44.7 Å². The molecule has 0 radical (unpaired) electrons. The maximum atomic E-state index is 13.0. The van der Waals surface area contributed by atoms with Gasteiger partial charge in [-0.2, -0.15) is 4.31 Å². The number of benzene rings is 1. The zero-order valence-electron chi connectivity index (χ0n) is 14.5. The molecular weight excluding hydrogens is 328 g/mol. The Kier molecular flexibility index (Phi) is 6.01. The maximum absolute atomic E-state index is 13.0. The summed E-state index contributed by atoms with van der Waals surface area (Å²) >= 11 is 0. The fraction of sp³-hybridized carbons (Fsp3) is 0.588. The van der Waals surface area contributed by atoms with Crippen molar-refractivity contribution in [3.63, 3.8) is 0 Å². The second-order valence-corrected chi connectivity index (χ2v) is 8.30. The van der Waals surface area contributed by atoms with Crippen molar-refractivity contribution in [1.82, 2.24) is 9.62 Å². The molecule has 0 saturated carbocycles. The first-order chi connectivity index (χ1) is 11.3. The molecule has 1 aromatic carbocycles. The lowest BCUT2D eigenvalue weighted by molar-refractivity contribution is -0.126. The van der Waals surface area contributed by atoms with E-state index in [4.69, 9.17) is 5.11 Å². The molecule has 0 bridgehead atoms. The Bertz CT molecular complexity index is 684. The number of amides is 1. The van der Waals surface area contributed by atoms with Crippen molar-refractivity contribution in [3.8, 4) is 0 Å². The van der Waals surface area contributed by atoms with Crippen LogP contribution in [0.1, 0.15) is 29.5 Å². The van der Waals surface area contributed by atoms with E-state index in [1.165, 1.54) is 4.31 Å². The number of carbonyl (C=O) groups excluding carboxylic acids is 1. The SMILES string of the molecule is Cc1cc(C)c(S(=O)(=O)N2CCC(C(=O)NCCO)CC2)c(C)c1. The third-order valence-electron chi connectivity index (χ3n) is 4.44. The van der Waals surface area contributed by atoms with E-state index in [2.05, 4.69) is 5.32 Å². The first kappa shape index (κ1) is 18.9. The molecule has 1 amide bonds. The minimum Gasteiger partial charge on any atom is -0.395 e. The molecular formula is C17H26N2O4S. The summed E-state index contributed by atoms with van der Waals surface area (Å²) in [4.78, 5) is 12.3. The number of hydrogen-bond acceptors (Lipinski definition) is 4. The smallest absolute Gasteiger partial charge is 0.243 e. The Morgan fingerprint density at radius 2 is 1.75 bits per heavy atom. The van der Waals surface area contributed by atoms with Crippen LogP contribution in [0.25, 0.3) is 0 Å². The van der Waals surface area contributed by atoms with E-state index in [-0.39, 0.29) is 25.0 Å². The summed E-state index contributed by atoms with van der Waals surface area (Å²) in [6, 6.07) is 3.77. The monoisotopic (exact) mass is 354 g/mol. The highest BCUT2D eigenvalue weighted by Gasteiger charge is 2.33. The van der Waals surface area contributed by atoms with Crippen LogP contribution in [0.2, 0.25) is 0 Å². The number of aliphatic hydroxyl groups is 1. The Labute approximate surface area is 143 Å². The molecule has 0 unspecified atom stereocenters. The Balaban J connectivity index is 2.12. The summed E-state index contributed by atoms with van der Waals surface area (Å²) in [7, 11) is -3.54. The second-order valence-electron chi connectivity index (χ2n) is 6.42. The minimum absolute atomic E-state index is 0.0923. The van der Waals surface area contributed by atoms with Crippen LogP contribution in [0.3, 0.4) is 0 Å². The summed E-state index contributed by atoms with van der Waals surface area (Å²) in [6.07, 6.45) is 1.00. The minimum atomic E-state index is -3.54. The summed E-state index contributed by atoms with van der Waals surface area (Å²) in [5, 5.41) is 11.4. The Morgan fingerprint density at radius 1 is 1.21 bits per heavy atom. The average Bonchev–Trinajstić information content (AvgIpc) is 2.51. The van der Waals surface area contributed by atoms with Gasteiger partial charge in [0.2, 0.25) is 15.9 Å². The van der Waals surface area contributed by atoms with Crippen LogP contribution < -0.4 is 5.32 Å². The topological polar surface area (TPSA) is 86.7 Å². The quantitative estimate of drug-likeness (QED) is 0.830. The van der Waals surface area contributed by atoms with E-state index in [0.29, 0.717) is 30.8 Å². The zero-order chi connectivity index (χ0) is 17.9. The van der Waals surface area contributed by atoms with E-state index in [1.54, 1.807) is 0 Å². The third-order valence-corrected chi connectivity index (χ3v) is 6.64. The number of carbonyl (C=O) groups is 1. The van der Waals surface area contributed by atoms with Crippen LogP contribution in [0.4, 0.5) is 0 Å². The second kappa shape index (κ2) is 7.63. The predicted octanol–water partition coefficient (Wildman–Crippen LogP) is 1.12. The van der Waals surface area contributed by atoms with Crippen molar-refractivity contribution in [2.75, 3.05) is 26.2 Å². The van der Waals surface area contributed by atoms with Gasteiger partial charge in [-0.25, -0.2) is 8.42 Å². The third kappa shape index (κ3) is 3.96. The van der Waals surface area contributed by atoms with Crippen molar-refractivity contribution in [1.29, 1.82) is 0 Å². The highest BCUT2D eigenvalue weighted by atomic mass is 32.2. The van der Waals surface area contributed by atoms with Crippen LogP contribution in [-0.4, -0.2) is 50.0 Å². The maximum Gasteiger partial charge on any atom is 0.243 e. The molecule has 7 heteroatoms. The lowest BCUT2D eigenvalue weighted by Gasteiger charge is -2.31. The number of aliphatic hydroxyl groups excluding tert-OH is 1. The molecule has 0 aromatic heterocycles. The zero-order valence-corrected chi connectivity index (χ0v) is 15.3. The molecule has 1 aromatic rings. The van der Waals surface area contributed by atoms with Gasteiger partial charge < -0.3 is 10.4 Å². The lowest BCUT2D eigenvalue weighted by atomic mass is 9.97. The Morgan fingerprint density at radius 3 is 2.25 bits per heavy atom. The summed E-state index contributed by atoms with van der Waals surface area (Å²) in [5.41, 5.74) is 2.56. The number of hydrogen-bond donors (Lipinski definition) is 2. The van der Waals surface area contributed by atoms with Crippen LogP contribution in [-0.2, 0) is 14.8 Å². The van der Waals surface area contributed by atoms with Gasteiger partial charge in [0.05, 0.1) is 11.5 Å². The first-order valence-corrected chi connectivity index (χ1v) is 9.68. The fourth-order valence-electron chi connectivity index (χ4n) is 3.38. The number of aryl methyl sites for hydroxylation is 3. The molecule has 1 saturated heterocycles. The summed E-state index contributed by atoms with van der Waals surface area (Å²) < 4.78 is 27.4. The fourth-order valence-corrected chi connectivity index (χ4v) is 5.27. The molecule has 1 aliphatic rings. The summed E-state index contributed by atoms with van der Waals surface area (Å²) in [6.45, 7) is 6.42. The molecule has 1 heterocycles.